The van der Waals surface area contributed by atoms with Gasteiger partial charge in [0, 0.05) is 23.4 Å². The quantitative estimate of drug-likeness (QED) is 0.608. The molecule has 5 heteroatoms. The first-order valence-electron chi connectivity index (χ1n) is 5.43. The molecule has 0 aliphatic rings. The van der Waals surface area contributed by atoms with E-state index in [-0.39, 0.29) is 5.97 Å². The van der Waals surface area contributed by atoms with Crippen LogP contribution < -0.4 is 11.1 Å². The number of nitrogens with one attached hydrogen (secondary N) is 1. The first kappa shape index (κ1) is 13.8. The standard InChI is InChI=1S/C13H16N2O3/c1-9(13(17)18-2)6-7-15-11-5-3-4-10(8-11)12(14)16/h3-6,8,15H,7H2,1-2H3,(H2,14,16)/b9-6+. The molecule has 5 nitrogen and oxygen atoms in total. The topological polar surface area (TPSA) is 81.4 Å². The third kappa shape index (κ3) is 3.93. The first-order valence-corrected chi connectivity index (χ1v) is 5.43. The fourth-order valence-corrected chi connectivity index (χ4v) is 1.35. The molecular formula is C13H16N2O3. The molecule has 0 saturated heterocycles. The number of primary amides is 1. The number of hydrogen-bond donors (Lipinski definition) is 2. The van der Waals surface area contributed by atoms with Gasteiger partial charge in [0.2, 0.25) is 5.91 Å². The zero-order chi connectivity index (χ0) is 13.5. The molecule has 0 fully saturated rings. The van der Waals surface area contributed by atoms with Crippen molar-refractivity contribution in [1.82, 2.24) is 0 Å². The van der Waals surface area contributed by atoms with E-state index < -0.39 is 5.91 Å². The van der Waals surface area contributed by atoms with E-state index in [2.05, 4.69) is 10.1 Å². The molecule has 0 aliphatic carbocycles. The second kappa shape index (κ2) is 6.44. The lowest BCUT2D eigenvalue weighted by Crippen LogP contribution is -2.11. The largest absolute Gasteiger partial charge is 0.466 e. The summed E-state index contributed by atoms with van der Waals surface area (Å²) in [6, 6.07) is 6.85. The van der Waals surface area contributed by atoms with E-state index in [1.165, 1.54) is 7.11 Å². The van der Waals surface area contributed by atoms with E-state index in [4.69, 9.17) is 5.73 Å². The molecule has 3 N–H and O–H groups in total. The van der Waals surface area contributed by atoms with Crippen molar-refractivity contribution >= 4 is 17.6 Å². The summed E-state index contributed by atoms with van der Waals surface area (Å²) in [6.07, 6.45) is 1.71. The molecule has 1 rings (SSSR count). The van der Waals surface area contributed by atoms with Gasteiger partial charge in [-0.1, -0.05) is 12.1 Å². The number of ether oxygens (including phenoxy) is 1. The molecule has 1 aromatic rings. The van der Waals surface area contributed by atoms with Gasteiger partial charge in [-0.05, 0) is 25.1 Å². The summed E-state index contributed by atoms with van der Waals surface area (Å²) < 4.78 is 4.57. The monoisotopic (exact) mass is 248 g/mol. The van der Waals surface area contributed by atoms with Gasteiger partial charge in [0.1, 0.15) is 0 Å². The normalized spacial score (nSPS) is 10.9. The fraction of sp³-hybridized carbons (Fsp3) is 0.231. The Morgan fingerprint density at radius 1 is 1.44 bits per heavy atom. The van der Waals surface area contributed by atoms with Crippen molar-refractivity contribution in [1.29, 1.82) is 0 Å². The maximum absolute atomic E-state index is 11.1. The molecular weight excluding hydrogens is 232 g/mol. The number of amides is 1. The molecule has 0 atom stereocenters. The lowest BCUT2D eigenvalue weighted by Gasteiger charge is -2.05. The number of carbonyl (C=O) groups excluding carboxylic acids is 2. The summed E-state index contributed by atoms with van der Waals surface area (Å²) in [6.45, 7) is 2.14. The minimum absolute atomic E-state index is 0.359. The number of carbonyl (C=O) groups is 2. The summed E-state index contributed by atoms with van der Waals surface area (Å²) in [5, 5.41) is 3.06. The molecule has 96 valence electrons. The maximum atomic E-state index is 11.1. The average Bonchev–Trinajstić information content (AvgIpc) is 2.38. The molecule has 1 aromatic carbocycles. The van der Waals surface area contributed by atoms with Crippen LogP contribution in [0.5, 0.6) is 0 Å². The van der Waals surface area contributed by atoms with Crippen molar-refractivity contribution in [3.8, 4) is 0 Å². The van der Waals surface area contributed by atoms with E-state index >= 15 is 0 Å². The molecule has 0 heterocycles. The van der Waals surface area contributed by atoms with E-state index in [1.807, 2.05) is 6.07 Å². The Bertz CT molecular complexity index is 481. The fourth-order valence-electron chi connectivity index (χ4n) is 1.35. The van der Waals surface area contributed by atoms with Crippen LogP contribution in [0.25, 0.3) is 0 Å². The van der Waals surface area contributed by atoms with Crippen LogP contribution in [0, 0.1) is 0 Å². The smallest absolute Gasteiger partial charge is 0.333 e. The predicted octanol–water partition coefficient (Wildman–Crippen LogP) is 1.32. The Hall–Kier alpha value is -2.30. The number of esters is 1. The lowest BCUT2D eigenvalue weighted by molar-refractivity contribution is -0.136. The van der Waals surface area contributed by atoms with Crippen LogP contribution in [0.4, 0.5) is 5.69 Å². The number of rotatable bonds is 5. The molecule has 0 radical (unpaired) electrons. The van der Waals surface area contributed by atoms with E-state index in [0.717, 1.165) is 5.69 Å². The molecule has 0 saturated carbocycles. The number of nitrogens with two attached hydrogens (primary N) is 1. The average molecular weight is 248 g/mol. The third-order valence-electron chi connectivity index (χ3n) is 2.37. The van der Waals surface area contributed by atoms with Crippen LogP contribution in [0.3, 0.4) is 0 Å². The third-order valence-corrected chi connectivity index (χ3v) is 2.37. The van der Waals surface area contributed by atoms with Crippen LogP contribution in [-0.2, 0) is 9.53 Å². The molecule has 0 aromatic heterocycles. The highest BCUT2D eigenvalue weighted by Gasteiger charge is 2.02. The van der Waals surface area contributed by atoms with Crippen molar-refractivity contribution in [3.05, 3.63) is 41.5 Å². The Balaban J connectivity index is 2.61. The highest BCUT2D eigenvalue weighted by molar-refractivity contribution is 5.93. The molecule has 0 spiro atoms. The maximum Gasteiger partial charge on any atom is 0.333 e. The van der Waals surface area contributed by atoms with Gasteiger partial charge < -0.3 is 15.8 Å². The van der Waals surface area contributed by atoms with Crippen LogP contribution in [0.1, 0.15) is 17.3 Å². The summed E-state index contributed by atoms with van der Waals surface area (Å²) in [7, 11) is 1.34. The highest BCUT2D eigenvalue weighted by atomic mass is 16.5. The molecule has 18 heavy (non-hydrogen) atoms. The Labute approximate surface area is 106 Å². The number of methoxy groups -OCH3 is 1. The molecule has 0 aliphatic heterocycles. The number of anilines is 1. The van der Waals surface area contributed by atoms with Gasteiger partial charge in [-0.15, -0.1) is 0 Å². The van der Waals surface area contributed by atoms with Gasteiger partial charge in [-0.2, -0.15) is 0 Å². The van der Waals surface area contributed by atoms with E-state index in [9.17, 15) is 9.59 Å². The summed E-state index contributed by atoms with van der Waals surface area (Å²) in [5.41, 5.74) is 6.90. The van der Waals surface area contributed by atoms with Gasteiger partial charge in [0.05, 0.1) is 7.11 Å². The van der Waals surface area contributed by atoms with Gasteiger partial charge in [0.25, 0.3) is 0 Å². The summed E-state index contributed by atoms with van der Waals surface area (Å²) in [5.74, 6) is -0.831. The number of benzene rings is 1. The van der Waals surface area contributed by atoms with Gasteiger partial charge in [-0.25, -0.2) is 4.79 Å². The Morgan fingerprint density at radius 2 is 2.17 bits per heavy atom. The van der Waals surface area contributed by atoms with E-state index in [0.29, 0.717) is 17.7 Å². The summed E-state index contributed by atoms with van der Waals surface area (Å²) >= 11 is 0. The Morgan fingerprint density at radius 3 is 2.78 bits per heavy atom. The van der Waals surface area contributed by atoms with Gasteiger partial charge in [0.15, 0.2) is 0 Å². The van der Waals surface area contributed by atoms with Crippen LogP contribution in [-0.4, -0.2) is 25.5 Å². The van der Waals surface area contributed by atoms with Crippen LogP contribution in [0.2, 0.25) is 0 Å². The zero-order valence-electron chi connectivity index (χ0n) is 10.4. The Kier molecular flexibility index (Phi) is 4.92. The van der Waals surface area contributed by atoms with Crippen molar-refractivity contribution in [3.63, 3.8) is 0 Å². The van der Waals surface area contributed by atoms with Crippen molar-refractivity contribution < 1.29 is 14.3 Å². The second-order valence-electron chi connectivity index (χ2n) is 3.70. The minimum Gasteiger partial charge on any atom is -0.466 e. The van der Waals surface area contributed by atoms with Crippen molar-refractivity contribution in [2.75, 3.05) is 19.0 Å². The van der Waals surface area contributed by atoms with Gasteiger partial charge >= 0.3 is 5.97 Å². The second-order valence-corrected chi connectivity index (χ2v) is 3.70. The van der Waals surface area contributed by atoms with E-state index in [1.54, 1.807) is 31.2 Å². The number of hydrogen-bond acceptors (Lipinski definition) is 4. The van der Waals surface area contributed by atoms with Crippen LogP contribution in [0.15, 0.2) is 35.9 Å². The first-order chi connectivity index (χ1) is 8.54. The lowest BCUT2D eigenvalue weighted by atomic mass is 10.2. The summed E-state index contributed by atoms with van der Waals surface area (Å²) in [4.78, 5) is 22.1. The van der Waals surface area contributed by atoms with Crippen molar-refractivity contribution in [2.24, 2.45) is 5.73 Å². The SMILES string of the molecule is COC(=O)/C(C)=C/CNc1cccc(C(N)=O)c1. The zero-order valence-corrected chi connectivity index (χ0v) is 10.4. The minimum atomic E-state index is -0.472. The molecule has 1 amide bonds. The van der Waals surface area contributed by atoms with Crippen LogP contribution >= 0.6 is 0 Å². The predicted molar refractivity (Wildman–Crippen MR) is 69.2 cm³/mol. The molecule has 0 bridgehead atoms. The molecule has 0 unspecified atom stereocenters. The van der Waals surface area contributed by atoms with Crippen molar-refractivity contribution in [2.45, 2.75) is 6.92 Å². The van der Waals surface area contributed by atoms with Gasteiger partial charge in [-0.3, -0.25) is 4.79 Å². The highest BCUT2D eigenvalue weighted by Crippen LogP contribution is 2.10.